The zero-order chi connectivity index (χ0) is 15.4. The second-order valence-corrected chi connectivity index (χ2v) is 4.08. The minimum Gasteiger partial charge on any atom is -0.478 e. The van der Waals surface area contributed by atoms with Crippen molar-refractivity contribution in [2.45, 2.75) is 6.54 Å². The first-order valence-corrected chi connectivity index (χ1v) is 5.82. The van der Waals surface area contributed by atoms with Gasteiger partial charge >= 0.3 is 11.9 Å². The molecule has 0 unspecified atom stereocenters. The van der Waals surface area contributed by atoms with E-state index < -0.39 is 22.7 Å². The first kappa shape index (κ1) is 14.3. The van der Waals surface area contributed by atoms with E-state index in [9.17, 15) is 19.7 Å². The zero-order valence-corrected chi connectivity index (χ0v) is 10.6. The molecule has 1 amide bonds. The summed E-state index contributed by atoms with van der Waals surface area (Å²) in [6.07, 6.45) is 0. The average molecular weight is 290 g/mol. The molecule has 8 nitrogen and oxygen atoms in total. The highest BCUT2D eigenvalue weighted by Gasteiger charge is 2.17. The number of amides is 1. The van der Waals surface area contributed by atoms with E-state index in [4.69, 9.17) is 9.52 Å². The Labute approximate surface area is 118 Å². The first-order valence-electron chi connectivity index (χ1n) is 5.82. The normalized spacial score (nSPS) is 10.1. The Kier molecular flexibility index (Phi) is 3.98. The molecule has 8 heteroatoms. The van der Waals surface area contributed by atoms with Crippen molar-refractivity contribution in [3.05, 3.63) is 63.4 Å². The van der Waals surface area contributed by atoms with Crippen LogP contribution in [-0.2, 0) is 6.54 Å². The molecule has 0 aliphatic carbocycles. The molecule has 2 rings (SSSR count). The van der Waals surface area contributed by atoms with E-state index in [1.807, 2.05) is 0 Å². The molecule has 0 saturated carbocycles. The number of carbonyl (C=O) groups is 2. The smallest absolute Gasteiger partial charge is 0.433 e. The molecular formula is C13H10N2O6. The van der Waals surface area contributed by atoms with Crippen LogP contribution in [0.25, 0.3) is 0 Å². The van der Waals surface area contributed by atoms with Gasteiger partial charge in [0, 0.05) is 6.54 Å². The van der Waals surface area contributed by atoms with Crippen molar-refractivity contribution in [1.82, 2.24) is 5.32 Å². The van der Waals surface area contributed by atoms with Crippen LogP contribution >= 0.6 is 0 Å². The molecule has 0 atom stereocenters. The Morgan fingerprint density at radius 2 is 2.05 bits per heavy atom. The van der Waals surface area contributed by atoms with Crippen LogP contribution < -0.4 is 5.32 Å². The van der Waals surface area contributed by atoms with Crippen LogP contribution in [0.15, 0.2) is 40.8 Å². The summed E-state index contributed by atoms with van der Waals surface area (Å²) in [5, 5.41) is 21.8. The molecular weight excluding hydrogens is 280 g/mol. The summed E-state index contributed by atoms with van der Waals surface area (Å²) in [7, 11) is 0. The number of benzene rings is 1. The fourth-order valence-electron chi connectivity index (χ4n) is 1.63. The molecule has 1 aromatic carbocycles. The molecule has 2 aromatic rings. The lowest BCUT2D eigenvalue weighted by Crippen LogP contribution is -2.22. The third-order valence-electron chi connectivity index (χ3n) is 2.62. The fraction of sp³-hybridized carbons (Fsp3) is 0.0769. The average Bonchev–Trinajstić information content (AvgIpc) is 2.95. The van der Waals surface area contributed by atoms with E-state index in [2.05, 4.69) is 5.32 Å². The second kappa shape index (κ2) is 5.87. The highest BCUT2D eigenvalue weighted by atomic mass is 16.6. The van der Waals surface area contributed by atoms with E-state index in [1.165, 1.54) is 18.2 Å². The van der Waals surface area contributed by atoms with Crippen molar-refractivity contribution in [3.63, 3.8) is 0 Å². The van der Waals surface area contributed by atoms with Crippen molar-refractivity contribution in [2.75, 3.05) is 0 Å². The predicted octanol–water partition coefficient (Wildman–Crippen LogP) is 1.82. The van der Waals surface area contributed by atoms with Gasteiger partial charge in [-0.2, -0.15) is 0 Å². The summed E-state index contributed by atoms with van der Waals surface area (Å²) < 4.78 is 4.75. The van der Waals surface area contributed by atoms with Crippen LogP contribution in [0.3, 0.4) is 0 Å². The second-order valence-electron chi connectivity index (χ2n) is 4.08. The van der Waals surface area contributed by atoms with Gasteiger partial charge in [0.2, 0.25) is 0 Å². The summed E-state index contributed by atoms with van der Waals surface area (Å²) in [5.74, 6) is -2.39. The molecule has 1 heterocycles. The van der Waals surface area contributed by atoms with Crippen molar-refractivity contribution in [2.24, 2.45) is 0 Å². The summed E-state index contributed by atoms with van der Waals surface area (Å²) in [4.78, 5) is 32.2. The van der Waals surface area contributed by atoms with Gasteiger partial charge in [0.1, 0.15) is 4.92 Å². The number of nitro groups is 1. The quantitative estimate of drug-likeness (QED) is 0.639. The van der Waals surface area contributed by atoms with Crippen LogP contribution in [0.1, 0.15) is 26.5 Å². The minimum atomic E-state index is -1.06. The van der Waals surface area contributed by atoms with Gasteiger partial charge in [-0.05, 0) is 23.8 Å². The van der Waals surface area contributed by atoms with Gasteiger partial charge in [0.25, 0.3) is 5.91 Å². The van der Waals surface area contributed by atoms with Crippen LogP contribution in [0.5, 0.6) is 0 Å². The molecule has 21 heavy (non-hydrogen) atoms. The van der Waals surface area contributed by atoms with Crippen molar-refractivity contribution in [1.29, 1.82) is 0 Å². The molecule has 0 saturated heterocycles. The lowest BCUT2D eigenvalue weighted by atomic mass is 10.1. The van der Waals surface area contributed by atoms with Crippen molar-refractivity contribution < 1.29 is 24.0 Å². The maximum absolute atomic E-state index is 11.7. The molecule has 0 spiro atoms. The zero-order valence-electron chi connectivity index (χ0n) is 10.6. The fourth-order valence-corrected chi connectivity index (χ4v) is 1.63. The molecule has 0 aliphatic rings. The number of hydrogen-bond acceptors (Lipinski definition) is 5. The summed E-state index contributed by atoms with van der Waals surface area (Å²) in [6.45, 7) is 0.0778. The maximum Gasteiger partial charge on any atom is 0.433 e. The number of hydrogen-bond donors (Lipinski definition) is 2. The number of rotatable bonds is 5. The lowest BCUT2D eigenvalue weighted by Gasteiger charge is -2.04. The minimum absolute atomic E-state index is 0.0778. The molecule has 0 fully saturated rings. The van der Waals surface area contributed by atoms with Gasteiger partial charge in [-0.3, -0.25) is 14.9 Å². The maximum atomic E-state index is 11.7. The van der Waals surface area contributed by atoms with E-state index in [0.29, 0.717) is 5.56 Å². The third kappa shape index (κ3) is 3.44. The molecule has 0 aliphatic heterocycles. The predicted molar refractivity (Wildman–Crippen MR) is 69.9 cm³/mol. The number of furan rings is 1. The van der Waals surface area contributed by atoms with Gasteiger partial charge in [0.15, 0.2) is 5.76 Å². The number of aromatic carboxylic acids is 1. The highest BCUT2D eigenvalue weighted by Crippen LogP contribution is 2.15. The summed E-state index contributed by atoms with van der Waals surface area (Å²) in [5.41, 5.74) is 0.694. The highest BCUT2D eigenvalue weighted by molar-refractivity contribution is 5.91. The molecule has 2 N–H and O–H groups in total. The largest absolute Gasteiger partial charge is 0.478 e. The van der Waals surface area contributed by atoms with Gasteiger partial charge in [-0.1, -0.05) is 12.1 Å². The van der Waals surface area contributed by atoms with Crippen LogP contribution in [0.4, 0.5) is 5.88 Å². The Balaban J connectivity index is 2.02. The summed E-state index contributed by atoms with van der Waals surface area (Å²) >= 11 is 0. The van der Waals surface area contributed by atoms with Crippen LogP contribution in [0, 0.1) is 10.1 Å². The molecule has 1 aromatic heterocycles. The van der Waals surface area contributed by atoms with E-state index in [1.54, 1.807) is 12.1 Å². The standard InChI is InChI=1S/C13H10N2O6/c16-12(10-4-5-11(21-10)15(19)20)14-7-8-2-1-3-9(6-8)13(17)18/h1-6H,7H2,(H,14,16)(H,17,18). The van der Waals surface area contributed by atoms with Crippen LogP contribution in [0.2, 0.25) is 0 Å². The van der Waals surface area contributed by atoms with E-state index in [-0.39, 0.29) is 17.9 Å². The van der Waals surface area contributed by atoms with E-state index in [0.717, 1.165) is 6.07 Å². The Morgan fingerprint density at radius 3 is 2.67 bits per heavy atom. The van der Waals surface area contributed by atoms with Gasteiger partial charge < -0.3 is 14.8 Å². The molecule has 108 valence electrons. The number of nitrogens with one attached hydrogen (secondary N) is 1. The Hall–Kier alpha value is -3.16. The SMILES string of the molecule is O=C(O)c1cccc(CNC(=O)c2ccc([N+](=O)[O-])o2)c1. The van der Waals surface area contributed by atoms with Crippen molar-refractivity contribution in [3.8, 4) is 0 Å². The number of nitrogens with zero attached hydrogens (tertiary/aromatic N) is 1. The topological polar surface area (TPSA) is 123 Å². The van der Waals surface area contributed by atoms with Crippen LogP contribution in [-0.4, -0.2) is 21.9 Å². The number of carbonyl (C=O) groups excluding carboxylic acids is 1. The number of carboxylic acids is 1. The Morgan fingerprint density at radius 1 is 1.29 bits per heavy atom. The van der Waals surface area contributed by atoms with E-state index >= 15 is 0 Å². The van der Waals surface area contributed by atoms with Gasteiger partial charge in [-0.15, -0.1) is 0 Å². The van der Waals surface area contributed by atoms with Crippen molar-refractivity contribution >= 4 is 17.8 Å². The molecule has 0 bridgehead atoms. The molecule has 0 radical (unpaired) electrons. The monoisotopic (exact) mass is 290 g/mol. The third-order valence-corrected chi connectivity index (χ3v) is 2.62. The first-order chi connectivity index (χ1) is 9.97. The van der Waals surface area contributed by atoms with Gasteiger partial charge in [-0.25, -0.2) is 4.79 Å². The lowest BCUT2D eigenvalue weighted by molar-refractivity contribution is -0.402. The summed E-state index contributed by atoms with van der Waals surface area (Å²) in [6, 6.07) is 8.35. The van der Waals surface area contributed by atoms with Gasteiger partial charge in [0.05, 0.1) is 11.6 Å². The number of carboxylic acid groups (broad SMARTS) is 1. The Bertz CT molecular complexity index is 706.